The minimum atomic E-state index is -1.06. The van der Waals surface area contributed by atoms with Crippen LogP contribution in [0.4, 0.5) is 0 Å². The first-order valence-electron chi connectivity index (χ1n) is 6.14. The summed E-state index contributed by atoms with van der Waals surface area (Å²) in [7, 11) is 0. The van der Waals surface area contributed by atoms with Crippen molar-refractivity contribution in [2.45, 2.75) is 39.3 Å². The number of carbonyl (C=O) groups is 2. The summed E-state index contributed by atoms with van der Waals surface area (Å²) in [6.07, 6.45) is 0.197. The van der Waals surface area contributed by atoms with Crippen LogP contribution < -0.4 is 10.1 Å². The molecular weight excluding hydrogens is 246 g/mol. The molecule has 0 aromatic heterocycles. The number of hydrogen-bond donors (Lipinski definition) is 2. The van der Waals surface area contributed by atoms with E-state index in [4.69, 9.17) is 9.84 Å². The van der Waals surface area contributed by atoms with Gasteiger partial charge in [-0.15, -0.1) is 0 Å². The molecule has 5 heteroatoms. The molecule has 104 valence electrons. The van der Waals surface area contributed by atoms with Gasteiger partial charge >= 0.3 is 5.97 Å². The van der Waals surface area contributed by atoms with Crippen molar-refractivity contribution >= 4 is 11.9 Å². The number of benzene rings is 1. The lowest BCUT2D eigenvalue weighted by Crippen LogP contribution is -2.41. The molecule has 1 atom stereocenters. The molecule has 19 heavy (non-hydrogen) atoms. The third-order valence-electron chi connectivity index (χ3n) is 2.43. The van der Waals surface area contributed by atoms with Gasteiger partial charge in [-0.3, -0.25) is 4.79 Å². The molecule has 0 saturated carbocycles. The Morgan fingerprint density at radius 1 is 1.32 bits per heavy atom. The van der Waals surface area contributed by atoms with Crippen LogP contribution in [-0.4, -0.2) is 29.1 Å². The minimum Gasteiger partial charge on any atom is -0.491 e. The molecule has 1 rings (SSSR count). The van der Waals surface area contributed by atoms with Gasteiger partial charge in [-0.2, -0.15) is 0 Å². The molecule has 0 aliphatic rings. The number of carbonyl (C=O) groups excluding carboxylic acids is 1. The Hall–Kier alpha value is -2.04. The number of ether oxygens (including phenoxy) is 1. The summed E-state index contributed by atoms with van der Waals surface area (Å²) in [5.41, 5.74) is 0.761. The standard InChI is InChI=1S/C14H19NO4/c1-9(2)19-13-7-5-4-6-11(13)8-12(14(17)18)15-10(3)16/h4-7,9,12H,8H2,1-3H3,(H,15,16)(H,17,18). The highest BCUT2D eigenvalue weighted by molar-refractivity contribution is 5.82. The van der Waals surface area contributed by atoms with Gasteiger partial charge in [-0.05, 0) is 25.5 Å². The van der Waals surface area contributed by atoms with Crippen molar-refractivity contribution in [1.82, 2.24) is 5.32 Å². The first-order valence-corrected chi connectivity index (χ1v) is 6.14. The SMILES string of the molecule is CC(=O)NC(Cc1ccccc1OC(C)C)C(=O)O. The van der Waals surface area contributed by atoms with Gasteiger partial charge in [0.1, 0.15) is 11.8 Å². The lowest BCUT2D eigenvalue weighted by Gasteiger charge is -2.17. The molecule has 0 heterocycles. The van der Waals surface area contributed by atoms with Gasteiger partial charge in [0, 0.05) is 13.3 Å². The van der Waals surface area contributed by atoms with Crippen molar-refractivity contribution in [2.24, 2.45) is 0 Å². The van der Waals surface area contributed by atoms with E-state index in [-0.39, 0.29) is 18.4 Å². The summed E-state index contributed by atoms with van der Waals surface area (Å²) in [5.74, 6) is -0.779. The van der Waals surface area contributed by atoms with Crippen molar-refractivity contribution in [2.75, 3.05) is 0 Å². The summed E-state index contributed by atoms with van der Waals surface area (Å²) >= 11 is 0. The number of carboxylic acids is 1. The number of aliphatic carboxylic acids is 1. The van der Waals surface area contributed by atoms with E-state index >= 15 is 0 Å². The fourth-order valence-corrected chi connectivity index (χ4v) is 1.71. The molecule has 0 spiro atoms. The van der Waals surface area contributed by atoms with Crippen molar-refractivity contribution in [3.8, 4) is 5.75 Å². The average molecular weight is 265 g/mol. The average Bonchev–Trinajstić information content (AvgIpc) is 2.29. The maximum absolute atomic E-state index is 11.1. The number of carboxylic acid groups (broad SMARTS) is 1. The highest BCUT2D eigenvalue weighted by Gasteiger charge is 2.20. The minimum absolute atomic E-state index is 0.00481. The van der Waals surface area contributed by atoms with Crippen molar-refractivity contribution in [1.29, 1.82) is 0 Å². The smallest absolute Gasteiger partial charge is 0.326 e. The monoisotopic (exact) mass is 265 g/mol. The zero-order valence-corrected chi connectivity index (χ0v) is 11.3. The van der Waals surface area contributed by atoms with Gasteiger partial charge in [-0.25, -0.2) is 4.79 Å². The summed E-state index contributed by atoms with van der Waals surface area (Å²) in [6.45, 7) is 5.10. The van der Waals surface area contributed by atoms with Crippen molar-refractivity contribution in [3.63, 3.8) is 0 Å². The Labute approximate surface area is 112 Å². The van der Waals surface area contributed by atoms with E-state index in [1.54, 1.807) is 12.1 Å². The van der Waals surface area contributed by atoms with Crippen molar-refractivity contribution < 1.29 is 19.4 Å². The summed E-state index contributed by atoms with van der Waals surface area (Å²) in [6, 6.07) is 6.29. The van der Waals surface area contributed by atoms with Crippen LogP contribution in [0.15, 0.2) is 24.3 Å². The molecule has 0 bridgehead atoms. The third kappa shape index (κ3) is 4.99. The molecule has 0 fully saturated rings. The number of hydrogen-bond acceptors (Lipinski definition) is 3. The van der Waals surface area contributed by atoms with Crippen molar-refractivity contribution in [3.05, 3.63) is 29.8 Å². The van der Waals surface area contributed by atoms with Gasteiger partial charge in [0.25, 0.3) is 0 Å². The number of para-hydroxylation sites is 1. The molecule has 0 radical (unpaired) electrons. The fourth-order valence-electron chi connectivity index (χ4n) is 1.71. The molecule has 1 amide bonds. The Morgan fingerprint density at radius 3 is 2.47 bits per heavy atom. The highest BCUT2D eigenvalue weighted by Crippen LogP contribution is 2.21. The zero-order valence-electron chi connectivity index (χ0n) is 11.3. The zero-order chi connectivity index (χ0) is 14.4. The second kappa shape index (κ2) is 6.78. The molecule has 1 aromatic carbocycles. The predicted octanol–water partition coefficient (Wildman–Crippen LogP) is 1.61. The Bertz CT molecular complexity index is 457. The molecule has 1 unspecified atom stereocenters. The number of nitrogens with one attached hydrogen (secondary N) is 1. The van der Waals surface area contributed by atoms with Gasteiger partial charge in [0.05, 0.1) is 6.10 Å². The summed E-state index contributed by atoms with van der Waals surface area (Å²) < 4.78 is 5.63. The number of amides is 1. The van der Waals surface area contributed by atoms with Crippen LogP contribution in [0.5, 0.6) is 5.75 Å². The third-order valence-corrected chi connectivity index (χ3v) is 2.43. The number of rotatable bonds is 6. The van der Waals surface area contributed by atoms with E-state index < -0.39 is 12.0 Å². The quantitative estimate of drug-likeness (QED) is 0.819. The van der Waals surface area contributed by atoms with Crippen LogP contribution in [0, 0.1) is 0 Å². The lowest BCUT2D eigenvalue weighted by atomic mass is 10.0. The predicted molar refractivity (Wildman–Crippen MR) is 71.2 cm³/mol. The summed E-state index contributed by atoms with van der Waals surface area (Å²) in [5, 5.41) is 11.5. The molecule has 1 aromatic rings. The topological polar surface area (TPSA) is 75.6 Å². The largest absolute Gasteiger partial charge is 0.491 e. The van der Waals surface area contributed by atoms with E-state index in [0.29, 0.717) is 5.75 Å². The maximum atomic E-state index is 11.1. The first-order chi connectivity index (χ1) is 8.90. The van der Waals surface area contributed by atoms with Gasteiger partial charge in [0.2, 0.25) is 5.91 Å². The van der Waals surface area contributed by atoms with E-state index in [0.717, 1.165) is 5.56 Å². The van der Waals surface area contributed by atoms with Crippen LogP contribution >= 0.6 is 0 Å². The van der Waals surface area contributed by atoms with E-state index in [9.17, 15) is 9.59 Å². The maximum Gasteiger partial charge on any atom is 0.326 e. The second-order valence-electron chi connectivity index (χ2n) is 4.57. The van der Waals surface area contributed by atoms with Crippen LogP contribution in [0.25, 0.3) is 0 Å². The van der Waals surface area contributed by atoms with Crippen LogP contribution in [0.2, 0.25) is 0 Å². The van der Waals surface area contributed by atoms with E-state index in [2.05, 4.69) is 5.32 Å². The van der Waals surface area contributed by atoms with Gasteiger partial charge < -0.3 is 15.2 Å². The highest BCUT2D eigenvalue weighted by atomic mass is 16.5. The fraction of sp³-hybridized carbons (Fsp3) is 0.429. The molecule has 0 aliphatic carbocycles. The van der Waals surface area contributed by atoms with Gasteiger partial charge in [0.15, 0.2) is 0 Å². The molecule has 0 saturated heterocycles. The Balaban J connectivity index is 2.89. The lowest BCUT2D eigenvalue weighted by molar-refractivity contribution is -0.141. The summed E-state index contributed by atoms with van der Waals surface area (Å²) in [4.78, 5) is 22.1. The van der Waals surface area contributed by atoms with Crippen LogP contribution in [0.3, 0.4) is 0 Å². The van der Waals surface area contributed by atoms with E-state index in [1.165, 1.54) is 6.92 Å². The van der Waals surface area contributed by atoms with Crippen LogP contribution in [0.1, 0.15) is 26.3 Å². The molecule has 5 nitrogen and oxygen atoms in total. The van der Waals surface area contributed by atoms with Crippen LogP contribution in [-0.2, 0) is 16.0 Å². The Morgan fingerprint density at radius 2 is 1.95 bits per heavy atom. The van der Waals surface area contributed by atoms with Gasteiger partial charge in [-0.1, -0.05) is 18.2 Å². The molecule has 2 N–H and O–H groups in total. The molecule has 0 aliphatic heterocycles. The second-order valence-corrected chi connectivity index (χ2v) is 4.57. The normalized spacial score (nSPS) is 12.0. The Kier molecular flexibility index (Phi) is 5.36. The van der Waals surface area contributed by atoms with E-state index in [1.807, 2.05) is 26.0 Å². The first kappa shape index (κ1) is 15.0. The molecular formula is C14H19NO4.